The third kappa shape index (κ3) is 2.13. The Balaban J connectivity index is 1.66. The molecule has 19 heavy (non-hydrogen) atoms. The van der Waals surface area contributed by atoms with Gasteiger partial charge in [-0.1, -0.05) is 0 Å². The SMILES string of the molecule is CC1(C)OB(C2CC23CCC(F)(F)CC3)OC1(C)C. The molecule has 1 spiro atoms. The second kappa shape index (κ2) is 3.73. The highest BCUT2D eigenvalue weighted by atomic mass is 19.3. The molecule has 0 N–H and O–H groups in total. The molecule has 0 aromatic heterocycles. The zero-order valence-corrected chi connectivity index (χ0v) is 12.3. The van der Waals surface area contributed by atoms with Crippen LogP contribution in [0.3, 0.4) is 0 Å². The number of hydrogen-bond acceptors (Lipinski definition) is 2. The van der Waals surface area contributed by atoms with Crippen LogP contribution in [-0.4, -0.2) is 24.2 Å². The van der Waals surface area contributed by atoms with Gasteiger partial charge in [-0.2, -0.15) is 0 Å². The molecule has 1 saturated heterocycles. The van der Waals surface area contributed by atoms with Crippen LogP contribution >= 0.6 is 0 Å². The van der Waals surface area contributed by atoms with Crippen molar-refractivity contribution in [2.24, 2.45) is 5.41 Å². The third-order valence-corrected chi connectivity index (χ3v) is 5.83. The molecule has 1 aliphatic heterocycles. The van der Waals surface area contributed by atoms with E-state index in [1.54, 1.807) is 0 Å². The van der Waals surface area contributed by atoms with E-state index in [4.69, 9.17) is 9.31 Å². The highest BCUT2D eigenvalue weighted by Crippen LogP contribution is 2.69. The molecular formula is C14H23BF2O2. The Morgan fingerprint density at radius 3 is 1.84 bits per heavy atom. The van der Waals surface area contributed by atoms with Crippen molar-refractivity contribution in [2.45, 2.75) is 82.7 Å². The number of halogens is 2. The standard InChI is InChI=1S/C14H23BF2O2/c1-11(2)12(3,4)19-15(18-11)10-9-13(10)5-7-14(16,17)8-6-13/h10H,5-9H2,1-4H3. The Bertz CT molecular complexity index is 369. The highest BCUT2D eigenvalue weighted by Gasteiger charge is 2.67. The molecule has 3 fully saturated rings. The second-order valence-corrected chi connectivity index (χ2v) is 7.65. The van der Waals surface area contributed by atoms with E-state index in [9.17, 15) is 8.78 Å². The number of alkyl halides is 2. The third-order valence-electron chi connectivity index (χ3n) is 5.83. The average Bonchev–Trinajstić information content (AvgIpc) is 2.91. The molecule has 0 bridgehead atoms. The van der Waals surface area contributed by atoms with Crippen molar-refractivity contribution in [1.29, 1.82) is 0 Å². The topological polar surface area (TPSA) is 18.5 Å². The first-order valence-corrected chi connectivity index (χ1v) is 7.31. The summed E-state index contributed by atoms with van der Waals surface area (Å²) in [6, 6.07) is 0. The minimum atomic E-state index is -2.45. The molecule has 3 aliphatic rings. The van der Waals surface area contributed by atoms with Crippen LogP contribution in [0, 0.1) is 5.41 Å². The minimum absolute atomic E-state index is 0.0308. The van der Waals surface area contributed by atoms with Gasteiger partial charge < -0.3 is 9.31 Å². The van der Waals surface area contributed by atoms with Gasteiger partial charge >= 0.3 is 7.12 Å². The van der Waals surface area contributed by atoms with Crippen molar-refractivity contribution in [3.8, 4) is 0 Å². The summed E-state index contributed by atoms with van der Waals surface area (Å²) >= 11 is 0. The quantitative estimate of drug-likeness (QED) is 0.670. The summed E-state index contributed by atoms with van der Waals surface area (Å²) in [7, 11) is -0.211. The first kappa shape index (κ1) is 13.8. The van der Waals surface area contributed by atoms with Gasteiger partial charge in [-0.05, 0) is 52.4 Å². The monoisotopic (exact) mass is 272 g/mol. The molecule has 1 unspecified atom stereocenters. The van der Waals surface area contributed by atoms with Crippen molar-refractivity contribution in [1.82, 2.24) is 0 Å². The van der Waals surface area contributed by atoms with Crippen molar-refractivity contribution in [3.63, 3.8) is 0 Å². The predicted octanol–water partition coefficient (Wildman–Crippen LogP) is 4.05. The molecule has 2 aliphatic carbocycles. The van der Waals surface area contributed by atoms with E-state index in [-0.39, 0.29) is 36.6 Å². The molecule has 3 rings (SSSR count). The Morgan fingerprint density at radius 1 is 0.895 bits per heavy atom. The van der Waals surface area contributed by atoms with Crippen LogP contribution in [0.4, 0.5) is 8.78 Å². The molecule has 2 saturated carbocycles. The zero-order valence-electron chi connectivity index (χ0n) is 12.3. The van der Waals surface area contributed by atoms with E-state index in [0.29, 0.717) is 18.7 Å². The first-order chi connectivity index (χ1) is 8.57. The van der Waals surface area contributed by atoms with E-state index < -0.39 is 5.92 Å². The molecule has 0 aromatic rings. The normalized spacial score (nSPS) is 37.6. The zero-order chi connectivity index (χ0) is 14.1. The maximum atomic E-state index is 13.3. The van der Waals surface area contributed by atoms with Crippen LogP contribution in [0.5, 0.6) is 0 Å². The maximum Gasteiger partial charge on any atom is 0.461 e. The van der Waals surface area contributed by atoms with Gasteiger partial charge in [-0.3, -0.25) is 0 Å². The number of rotatable bonds is 1. The van der Waals surface area contributed by atoms with Crippen LogP contribution in [0.25, 0.3) is 0 Å². The Hall–Kier alpha value is -0.155. The first-order valence-electron chi connectivity index (χ1n) is 7.31. The van der Waals surface area contributed by atoms with Gasteiger partial charge in [0.15, 0.2) is 0 Å². The molecule has 108 valence electrons. The van der Waals surface area contributed by atoms with E-state index in [1.165, 1.54) is 0 Å². The van der Waals surface area contributed by atoms with Crippen LogP contribution in [-0.2, 0) is 9.31 Å². The lowest BCUT2D eigenvalue weighted by Gasteiger charge is -2.32. The predicted molar refractivity (Wildman–Crippen MR) is 70.3 cm³/mol. The van der Waals surface area contributed by atoms with Crippen molar-refractivity contribution in [2.75, 3.05) is 0 Å². The van der Waals surface area contributed by atoms with Gasteiger partial charge in [0.05, 0.1) is 11.2 Å². The van der Waals surface area contributed by atoms with Crippen LogP contribution in [0.2, 0.25) is 5.82 Å². The summed E-state index contributed by atoms with van der Waals surface area (Å²) in [4.78, 5) is 0. The Kier molecular flexibility index (Phi) is 2.71. The van der Waals surface area contributed by atoms with E-state index in [0.717, 1.165) is 6.42 Å². The molecular weight excluding hydrogens is 249 g/mol. The molecule has 0 amide bonds. The largest absolute Gasteiger partial charge is 0.461 e. The highest BCUT2D eigenvalue weighted by molar-refractivity contribution is 6.49. The summed E-state index contributed by atoms with van der Waals surface area (Å²) in [5, 5.41) is 0. The molecule has 0 radical (unpaired) electrons. The lowest BCUT2D eigenvalue weighted by molar-refractivity contribution is -0.0500. The van der Waals surface area contributed by atoms with E-state index in [1.807, 2.05) is 27.7 Å². The lowest BCUT2D eigenvalue weighted by atomic mass is 9.71. The number of hydrogen-bond donors (Lipinski definition) is 0. The summed E-state index contributed by atoms with van der Waals surface area (Å²) in [6.07, 6.45) is 2.29. The molecule has 1 heterocycles. The van der Waals surface area contributed by atoms with Crippen molar-refractivity contribution >= 4 is 7.12 Å². The van der Waals surface area contributed by atoms with Gasteiger partial charge in [0, 0.05) is 18.7 Å². The Morgan fingerprint density at radius 2 is 1.37 bits per heavy atom. The summed E-state index contributed by atoms with van der Waals surface area (Å²) in [6.45, 7) is 8.16. The van der Waals surface area contributed by atoms with Crippen molar-refractivity contribution < 1.29 is 18.1 Å². The van der Waals surface area contributed by atoms with Gasteiger partial charge in [0.25, 0.3) is 0 Å². The molecule has 2 nitrogen and oxygen atoms in total. The fourth-order valence-electron chi connectivity index (χ4n) is 3.51. The van der Waals surface area contributed by atoms with Crippen molar-refractivity contribution in [3.05, 3.63) is 0 Å². The lowest BCUT2D eigenvalue weighted by Crippen LogP contribution is -2.41. The Labute approximate surface area is 114 Å². The molecule has 1 atom stereocenters. The average molecular weight is 272 g/mol. The van der Waals surface area contributed by atoms with Crippen LogP contribution in [0.15, 0.2) is 0 Å². The smallest absolute Gasteiger partial charge is 0.403 e. The summed E-state index contributed by atoms with van der Waals surface area (Å²) in [5.41, 5.74) is -0.567. The summed E-state index contributed by atoms with van der Waals surface area (Å²) in [5.74, 6) is -2.14. The van der Waals surface area contributed by atoms with Crippen LogP contribution < -0.4 is 0 Å². The van der Waals surface area contributed by atoms with Gasteiger partial charge in [-0.25, -0.2) is 8.78 Å². The van der Waals surface area contributed by atoms with Gasteiger partial charge in [-0.15, -0.1) is 0 Å². The van der Waals surface area contributed by atoms with E-state index in [2.05, 4.69) is 0 Å². The minimum Gasteiger partial charge on any atom is -0.403 e. The summed E-state index contributed by atoms with van der Waals surface area (Å²) < 4.78 is 38.6. The van der Waals surface area contributed by atoms with E-state index >= 15 is 0 Å². The second-order valence-electron chi connectivity index (χ2n) is 7.65. The molecule has 0 aromatic carbocycles. The van der Waals surface area contributed by atoms with Gasteiger partial charge in [0.2, 0.25) is 5.92 Å². The fourth-order valence-corrected chi connectivity index (χ4v) is 3.51. The maximum absolute atomic E-state index is 13.3. The molecule has 5 heteroatoms. The van der Waals surface area contributed by atoms with Crippen LogP contribution in [0.1, 0.15) is 59.8 Å². The van der Waals surface area contributed by atoms with Gasteiger partial charge in [0.1, 0.15) is 0 Å². The fraction of sp³-hybridized carbons (Fsp3) is 1.00.